The fourth-order valence-corrected chi connectivity index (χ4v) is 3.83. The molecule has 0 unspecified atom stereocenters. The van der Waals surface area contributed by atoms with Gasteiger partial charge in [-0.15, -0.1) is 0 Å². The zero-order chi connectivity index (χ0) is 18.1. The van der Waals surface area contributed by atoms with Gasteiger partial charge >= 0.3 is 0 Å². The van der Waals surface area contributed by atoms with Crippen molar-refractivity contribution in [3.05, 3.63) is 69.1 Å². The first-order valence-electron chi connectivity index (χ1n) is 8.70. The Kier molecular flexibility index (Phi) is 4.80. The maximum atomic E-state index is 12.3. The minimum Gasteiger partial charge on any atom is -0.371 e. The van der Waals surface area contributed by atoms with Gasteiger partial charge in [0.25, 0.3) is 5.91 Å². The Morgan fingerprint density at radius 2 is 2.00 bits per heavy atom. The lowest BCUT2D eigenvalue weighted by Gasteiger charge is -2.35. The summed E-state index contributed by atoms with van der Waals surface area (Å²) in [5, 5.41) is 3.73. The van der Waals surface area contributed by atoms with E-state index >= 15 is 0 Å². The van der Waals surface area contributed by atoms with Crippen LogP contribution in [0.2, 0.25) is 5.02 Å². The van der Waals surface area contributed by atoms with Gasteiger partial charge in [0.1, 0.15) is 5.69 Å². The van der Waals surface area contributed by atoms with Crippen molar-refractivity contribution in [2.24, 2.45) is 0 Å². The van der Waals surface area contributed by atoms with Crippen LogP contribution in [-0.2, 0) is 4.74 Å². The third-order valence-corrected chi connectivity index (χ3v) is 5.26. The quantitative estimate of drug-likeness (QED) is 0.862. The van der Waals surface area contributed by atoms with Gasteiger partial charge in [-0.05, 0) is 30.2 Å². The molecular weight excluding hydrogens is 354 g/mol. The van der Waals surface area contributed by atoms with Gasteiger partial charge in [0.15, 0.2) is 0 Å². The molecule has 2 fully saturated rings. The molecule has 3 heterocycles. The highest BCUT2D eigenvalue weighted by atomic mass is 35.5. The monoisotopic (exact) mass is 373 g/mol. The molecule has 2 saturated heterocycles. The van der Waals surface area contributed by atoms with Crippen LogP contribution in [0.1, 0.15) is 28.6 Å². The molecule has 1 aromatic heterocycles. The lowest BCUT2D eigenvalue weighted by atomic mass is 10.1. The lowest BCUT2D eigenvalue weighted by Crippen LogP contribution is -2.43. The van der Waals surface area contributed by atoms with Crippen LogP contribution in [0.5, 0.6) is 0 Å². The number of fused-ring (bicyclic) bond motifs is 1. The molecule has 1 amide bonds. The standard InChI is InChI=1S/C19H20ClN3O3/c20-13-6-4-12(5-7-13)17-10-23-9-14(8-15(23)11-26-17)21-19(25)16-2-1-3-18(24)22-16/h1-7,14-15,17H,8-11H2,(H,21,25)(H,22,24)/t14-,15-,17+/m0/s1. The van der Waals surface area contributed by atoms with E-state index in [-0.39, 0.29) is 29.3 Å². The van der Waals surface area contributed by atoms with E-state index in [1.54, 1.807) is 12.1 Å². The number of pyridine rings is 1. The van der Waals surface area contributed by atoms with Crippen molar-refractivity contribution in [2.75, 3.05) is 19.7 Å². The molecule has 0 saturated carbocycles. The van der Waals surface area contributed by atoms with Crippen LogP contribution in [0.25, 0.3) is 0 Å². The molecule has 0 bridgehead atoms. The van der Waals surface area contributed by atoms with Crippen molar-refractivity contribution in [3.8, 4) is 0 Å². The van der Waals surface area contributed by atoms with Crippen molar-refractivity contribution < 1.29 is 9.53 Å². The molecule has 1 aromatic carbocycles. The fourth-order valence-electron chi connectivity index (χ4n) is 3.70. The molecule has 0 spiro atoms. The number of rotatable bonds is 3. The van der Waals surface area contributed by atoms with Crippen molar-refractivity contribution in [1.82, 2.24) is 15.2 Å². The number of benzene rings is 1. The number of aromatic amines is 1. The predicted molar refractivity (Wildman–Crippen MR) is 98.4 cm³/mol. The normalized spacial score (nSPS) is 25.7. The molecular formula is C19H20ClN3O3. The van der Waals surface area contributed by atoms with Crippen LogP contribution in [0.4, 0.5) is 0 Å². The van der Waals surface area contributed by atoms with Crippen LogP contribution >= 0.6 is 11.6 Å². The van der Waals surface area contributed by atoms with E-state index < -0.39 is 0 Å². The van der Waals surface area contributed by atoms with Gasteiger partial charge in [-0.25, -0.2) is 0 Å². The number of amides is 1. The van der Waals surface area contributed by atoms with Crippen LogP contribution in [-0.4, -0.2) is 47.6 Å². The van der Waals surface area contributed by atoms with E-state index in [0.717, 1.165) is 25.1 Å². The second kappa shape index (κ2) is 7.23. The molecule has 4 rings (SSSR count). The predicted octanol–water partition coefficient (Wildman–Crippen LogP) is 1.97. The summed E-state index contributed by atoms with van der Waals surface area (Å²) in [4.78, 5) is 28.6. The number of ether oxygens (including phenoxy) is 1. The Morgan fingerprint density at radius 1 is 1.19 bits per heavy atom. The molecule has 2 aromatic rings. The molecule has 2 aliphatic heterocycles. The number of hydrogen-bond acceptors (Lipinski definition) is 4. The van der Waals surface area contributed by atoms with Crippen molar-refractivity contribution >= 4 is 17.5 Å². The number of morpholine rings is 1. The van der Waals surface area contributed by atoms with Crippen LogP contribution < -0.4 is 10.9 Å². The number of halogens is 1. The maximum absolute atomic E-state index is 12.3. The highest BCUT2D eigenvalue weighted by Gasteiger charge is 2.38. The number of carbonyl (C=O) groups excluding carboxylic acids is 1. The van der Waals surface area contributed by atoms with Crippen LogP contribution in [0.15, 0.2) is 47.3 Å². The van der Waals surface area contributed by atoms with Gasteiger partial charge in [-0.2, -0.15) is 0 Å². The number of H-pyrrole nitrogens is 1. The number of carbonyl (C=O) groups is 1. The number of nitrogens with one attached hydrogen (secondary N) is 2. The van der Waals surface area contributed by atoms with E-state index in [2.05, 4.69) is 15.2 Å². The van der Waals surface area contributed by atoms with Gasteiger partial charge in [0.2, 0.25) is 5.56 Å². The SMILES string of the molecule is O=C(N[C@H]1C[C@H]2CO[C@@H](c3ccc(Cl)cc3)CN2C1)c1cccc(=O)[nH]1. The summed E-state index contributed by atoms with van der Waals surface area (Å²) in [5.74, 6) is -0.247. The van der Waals surface area contributed by atoms with E-state index in [1.165, 1.54) is 6.07 Å². The molecule has 136 valence electrons. The van der Waals surface area contributed by atoms with Gasteiger partial charge < -0.3 is 15.0 Å². The van der Waals surface area contributed by atoms with Gasteiger partial charge in [-0.1, -0.05) is 29.8 Å². The smallest absolute Gasteiger partial charge is 0.268 e. The highest BCUT2D eigenvalue weighted by Crippen LogP contribution is 2.30. The Morgan fingerprint density at radius 3 is 2.77 bits per heavy atom. The second-order valence-corrected chi connectivity index (χ2v) is 7.25. The summed E-state index contributed by atoms with van der Waals surface area (Å²) in [6, 6.07) is 12.7. The van der Waals surface area contributed by atoms with Crippen molar-refractivity contribution in [1.29, 1.82) is 0 Å². The topological polar surface area (TPSA) is 74.4 Å². The minimum atomic E-state index is -0.277. The average Bonchev–Trinajstić information content (AvgIpc) is 3.03. The van der Waals surface area contributed by atoms with Crippen molar-refractivity contribution in [2.45, 2.75) is 24.6 Å². The molecule has 0 aliphatic carbocycles. The average molecular weight is 374 g/mol. The summed E-state index contributed by atoms with van der Waals surface area (Å²) < 4.78 is 6.03. The Balaban J connectivity index is 1.38. The number of hydrogen-bond donors (Lipinski definition) is 2. The first-order valence-corrected chi connectivity index (χ1v) is 9.07. The number of aromatic nitrogens is 1. The van der Waals surface area contributed by atoms with Crippen LogP contribution in [0, 0.1) is 0 Å². The third-order valence-electron chi connectivity index (χ3n) is 5.01. The van der Waals surface area contributed by atoms with Gasteiger partial charge in [-0.3, -0.25) is 14.5 Å². The third kappa shape index (κ3) is 3.67. The second-order valence-electron chi connectivity index (χ2n) is 6.82. The molecule has 7 heteroatoms. The van der Waals surface area contributed by atoms with Crippen molar-refractivity contribution in [3.63, 3.8) is 0 Å². The molecule has 26 heavy (non-hydrogen) atoms. The van der Waals surface area contributed by atoms with E-state index in [9.17, 15) is 9.59 Å². The van der Waals surface area contributed by atoms with Gasteiger partial charge in [0, 0.05) is 36.3 Å². The van der Waals surface area contributed by atoms with Crippen LogP contribution in [0.3, 0.4) is 0 Å². The largest absolute Gasteiger partial charge is 0.371 e. The molecule has 2 N–H and O–H groups in total. The first-order chi connectivity index (χ1) is 12.6. The number of nitrogens with zero attached hydrogens (tertiary/aromatic N) is 1. The van der Waals surface area contributed by atoms with E-state index in [1.807, 2.05) is 24.3 Å². The zero-order valence-electron chi connectivity index (χ0n) is 14.2. The Labute approximate surface area is 156 Å². The zero-order valence-corrected chi connectivity index (χ0v) is 14.9. The molecule has 6 nitrogen and oxygen atoms in total. The fraction of sp³-hybridized carbons (Fsp3) is 0.368. The Hall–Kier alpha value is -2.15. The first kappa shape index (κ1) is 17.3. The summed E-state index contributed by atoms with van der Waals surface area (Å²) >= 11 is 5.95. The highest BCUT2D eigenvalue weighted by molar-refractivity contribution is 6.30. The summed E-state index contributed by atoms with van der Waals surface area (Å²) in [7, 11) is 0. The Bertz CT molecular complexity index is 852. The molecule has 3 atom stereocenters. The van der Waals surface area contributed by atoms with E-state index in [0.29, 0.717) is 17.7 Å². The molecule has 2 aliphatic rings. The maximum Gasteiger partial charge on any atom is 0.268 e. The summed E-state index contributed by atoms with van der Waals surface area (Å²) in [5.41, 5.74) is 1.13. The van der Waals surface area contributed by atoms with Gasteiger partial charge in [0.05, 0.1) is 12.7 Å². The lowest BCUT2D eigenvalue weighted by molar-refractivity contribution is -0.0502. The summed E-state index contributed by atoms with van der Waals surface area (Å²) in [6.07, 6.45) is 0.860. The van der Waals surface area contributed by atoms with E-state index in [4.69, 9.17) is 16.3 Å². The summed E-state index contributed by atoms with van der Waals surface area (Å²) in [6.45, 7) is 2.21. The molecule has 0 radical (unpaired) electrons. The minimum absolute atomic E-state index is 0.0171.